The van der Waals surface area contributed by atoms with Crippen LogP contribution in [0.2, 0.25) is 0 Å². The SMILES string of the molecule is c1ccc(-c2ncccc2OCCOc2ccc(Cn3ccnc3)cc2)cc1. The number of benzene rings is 2. The molecular weight excluding hydrogens is 350 g/mol. The van der Waals surface area contributed by atoms with E-state index < -0.39 is 0 Å². The van der Waals surface area contributed by atoms with Gasteiger partial charge in [0.25, 0.3) is 0 Å². The summed E-state index contributed by atoms with van der Waals surface area (Å²) in [6.45, 7) is 1.71. The lowest BCUT2D eigenvalue weighted by Crippen LogP contribution is -2.10. The van der Waals surface area contributed by atoms with E-state index in [4.69, 9.17) is 9.47 Å². The molecule has 4 rings (SSSR count). The van der Waals surface area contributed by atoms with Crippen molar-refractivity contribution in [1.82, 2.24) is 14.5 Å². The second kappa shape index (κ2) is 8.86. The highest BCUT2D eigenvalue weighted by Gasteiger charge is 2.07. The number of hydrogen-bond donors (Lipinski definition) is 0. The normalized spacial score (nSPS) is 10.6. The summed E-state index contributed by atoms with van der Waals surface area (Å²) in [5, 5.41) is 0. The topological polar surface area (TPSA) is 49.2 Å². The lowest BCUT2D eigenvalue weighted by Gasteiger charge is -2.12. The molecule has 4 aromatic rings. The third-order valence-electron chi connectivity index (χ3n) is 4.28. The number of hydrogen-bond acceptors (Lipinski definition) is 4. The highest BCUT2D eigenvalue weighted by atomic mass is 16.5. The molecule has 2 heterocycles. The number of aromatic nitrogens is 3. The Hall–Kier alpha value is -3.60. The maximum atomic E-state index is 5.91. The maximum Gasteiger partial charge on any atom is 0.145 e. The van der Waals surface area contributed by atoms with Gasteiger partial charge in [0.1, 0.15) is 30.4 Å². The molecule has 0 saturated heterocycles. The van der Waals surface area contributed by atoms with Crippen molar-refractivity contribution >= 4 is 0 Å². The average molecular weight is 371 g/mol. The summed E-state index contributed by atoms with van der Waals surface area (Å²) < 4.78 is 13.7. The van der Waals surface area contributed by atoms with Crippen LogP contribution in [-0.4, -0.2) is 27.7 Å². The molecule has 0 amide bonds. The van der Waals surface area contributed by atoms with Crippen molar-refractivity contribution in [3.05, 3.63) is 97.2 Å². The minimum atomic E-state index is 0.447. The molecule has 0 N–H and O–H groups in total. The van der Waals surface area contributed by atoms with E-state index in [-0.39, 0.29) is 0 Å². The Morgan fingerprint density at radius 2 is 1.61 bits per heavy atom. The van der Waals surface area contributed by atoms with Crippen LogP contribution in [0.15, 0.2) is 91.6 Å². The van der Waals surface area contributed by atoms with Crippen molar-refractivity contribution in [3.63, 3.8) is 0 Å². The van der Waals surface area contributed by atoms with Crippen LogP contribution < -0.4 is 9.47 Å². The summed E-state index contributed by atoms with van der Waals surface area (Å²) in [6.07, 6.45) is 7.31. The van der Waals surface area contributed by atoms with Crippen LogP contribution in [0.25, 0.3) is 11.3 Å². The van der Waals surface area contributed by atoms with Gasteiger partial charge in [0.15, 0.2) is 0 Å². The van der Waals surface area contributed by atoms with Gasteiger partial charge in [-0.2, -0.15) is 0 Å². The van der Waals surface area contributed by atoms with Gasteiger partial charge in [0.05, 0.1) is 6.33 Å². The number of ether oxygens (including phenoxy) is 2. The Bertz CT molecular complexity index is 984. The molecule has 5 nitrogen and oxygen atoms in total. The largest absolute Gasteiger partial charge is 0.490 e. The molecule has 0 atom stereocenters. The quantitative estimate of drug-likeness (QED) is 0.429. The Labute approximate surface area is 164 Å². The first-order valence-corrected chi connectivity index (χ1v) is 9.19. The number of pyridine rings is 1. The van der Waals surface area contributed by atoms with Crippen molar-refractivity contribution in [2.24, 2.45) is 0 Å². The zero-order valence-corrected chi connectivity index (χ0v) is 15.4. The molecule has 28 heavy (non-hydrogen) atoms. The van der Waals surface area contributed by atoms with E-state index in [2.05, 4.69) is 22.1 Å². The molecular formula is C23H21N3O2. The van der Waals surface area contributed by atoms with E-state index in [1.54, 1.807) is 12.4 Å². The molecule has 0 saturated carbocycles. The second-order valence-electron chi connectivity index (χ2n) is 6.29. The Morgan fingerprint density at radius 3 is 2.39 bits per heavy atom. The van der Waals surface area contributed by atoms with Crippen molar-refractivity contribution < 1.29 is 9.47 Å². The first-order chi connectivity index (χ1) is 13.9. The van der Waals surface area contributed by atoms with Gasteiger partial charge < -0.3 is 14.0 Å². The summed E-state index contributed by atoms with van der Waals surface area (Å²) in [7, 11) is 0. The monoisotopic (exact) mass is 371 g/mol. The average Bonchev–Trinajstić information content (AvgIpc) is 3.26. The van der Waals surface area contributed by atoms with Crippen LogP contribution in [0.3, 0.4) is 0 Å². The Morgan fingerprint density at radius 1 is 0.786 bits per heavy atom. The van der Waals surface area contributed by atoms with Gasteiger partial charge in [-0.15, -0.1) is 0 Å². The van der Waals surface area contributed by atoms with Crippen LogP contribution in [-0.2, 0) is 6.54 Å². The molecule has 140 valence electrons. The predicted molar refractivity (Wildman–Crippen MR) is 108 cm³/mol. The highest BCUT2D eigenvalue weighted by Crippen LogP contribution is 2.27. The minimum Gasteiger partial charge on any atom is -0.490 e. The van der Waals surface area contributed by atoms with Gasteiger partial charge in [-0.1, -0.05) is 42.5 Å². The van der Waals surface area contributed by atoms with Crippen LogP contribution in [0.1, 0.15) is 5.56 Å². The molecule has 0 bridgehead atoms. The fraction of sp³-hybridized carbons (Fsp3) is 0.130. The molecule has 2 aromatic heterocycles. The zero-order valence-electron chi connectivity index (χ0n) is 15.4. The van der Waals surface area contributed by atoms with Crippen molar-refractivity contribution in [2.75, 3.05) is 13.2 Å². The highest BCUT2D eigenvalue weighted by molar-refractivity contribution is 5.65. The molecule has 0 fully saturated rings. The minimum absolute atomic E-state index is 0.447. The van der Waals surface area contributed by atoms with E-state index in [0.717, 1.165) is 29.3 Å². The Kier molecular flexibility index (Phi) is 5.63. The summed E-state index contributed by atoms with van der Waals surface area (Å²) in [4.78, 5) is 8.51. The fourth-order valence-electron chi connectivity index (χ4n) is 2.91. The van der Waals surface area contributed by atoms with Crippen LogP contribution in [0.5, 0.6) is 11.5 Å². The van der Waals surface area contributed by atoms with E-state index in [0.29, 0.717) is 13.2 Å². The van der Waals surface area contributed by atoms with Crippen molar-refractivity contribution in [1.29, 1.82) is 0 Å². The molecule has 0 aliphatic carbocycles. The molecule has 0 spiro atoms. The maximum absolute atomic E-state index is 5.91. The first kappa shape index (κ1) is 17.8. The van der Waals surface area contributed by atoms with Gasteiger partial charge in [-0.3, -0.25) is 4.98 Å². The smallest absolute Gasteiger partial charge is 0.145 e. The number of rotatable bonds is 8. The number of nitrogens with zero attached hydrogens (tertiary/aromatic N) is 3. The van der Waals surface area contributed by atoms with E-state index in [9.17, 15) is 0 Å². The van der Waals surface area contributed by atoms with Crippen molar-refractivity contribution in [2.45, 2.75) is 6.54 Å². The van der Waals surface area contributed by atoms with Gasteiger partial charge >= 0.3 is 0 Å². The van der Waals surface area contributed by atoms with Crippen LogP contribution in [0.4, 0.5) is 0 Å². The van der Waals surface area contributed by atoms with Gasteiger partial charge in [0.2, 0.25) is 0 Å². The van der Waals surface area contributed by atoms with Crippen molar-refractivity contribution in [3.8, 4) is 22.8 Å². The van der Waals surface area contributed by atoms with E-state index in [1.165, 1.54) is 5.56 Å². The molecule has 0 radical (unpaired) electrons. The number of imidazole rings is 1. The molecule has 2 aromatic carbocycles. The molecule has 0 unspecified atom stereocenters. The van der Waals surface area contributed by atoms with Gasteiger partial charge in [-0.05, 0) is 29.8 Å². The summed E-state index contributed by atoms with van der Waals surface area (Å²) >= 11 is 0. The summed E-state index contributed by atoms with van der Waals surface area (Å²) in [6, 6.07) is 21.9. The fourth-order valence-corrected chi connectivity index (χ4v) is 2.91. The third-order valence-corrected chi connectivity index (χ3v) is 4.28. The molecule has 5 heteroatoms. The van der Waals surface area contributed by atoms with E-state index in [1.807, 2.05) is 71.7 Å². The molecule has 0 aliphatic heterocycles. The van der Waals surface area contributed by atoms with Crippen LogP contribution >= 0.6 is 0 Å². The van der Waals surface area contributed by atoms with Gasteiger partial charge in [0, 0.05) is 30.7 Å². The van der Waals surface area contributed by atoms with Gasteiger partial charge in [-0.25, -0.2) is 4.98 Å². The van der Waals surface area contributed by atoms with E-state index >= 15 is 0 Å². The zero-order chi connectivity index (χ0) is 19.0. The standard InChI is InChI=1S/C23H21N3O2/c1-2-5-20(6-3-1)23-22(7-4-12-25-23)28-16-15-27-21-10-8-19(9-11-21)17-26-14-13-24-18-26/h1-14,18H,15-17H2. The predicted octanol–water partition coefficient (Wildman–Crippen LogP) is 4.45. The summed E-state index contributed by atoms with van der Waals surface area (Å²) in [5.41, 5.74) is 3.07. The molecule has 0 aliphatic rings. The first-order valence-electron chi connectivity index (χ1n) is 9.19. The third kappa shape index (κ3) is 4.57. The Balaban J connectivity index is 1.29. The second-order valence-corrected chi connectivity index (χ2v) is 6.29. The van der Waals surface area contributed by atoms with Crippen LogP contribution in [0, 0.1) is 0 Å². The lowest BCUT2D eigenvalue weighted by molar-refractivity contribution is 0.217. The summed E-state index contributed by atoms with van der Waals surface area (Å²) in [5.74, 6) is 1.58. The lowest BCUT2D eigenvalue weighted by atomic mass is 10.1.